The van der Waals surface area contributed by atoms with Crippen LogP contribution < -0.4 is 43.4 Å². The molecule has 406 valence electrons. The van der Waals surface area contributed by atoms with E-state index in [9.17, 15) is 30.0 Å². The van der Waals surface area contributed by atoms with E-state index in [4.69, 9.17) is 16.6 Å². The number of amides is 2. The van der Waals surface area contributed by atoms with Gasteiger partial charge in [0.05, 0.1) is 6.61 Å². The molecule has 0 aliphatic rings. The van der Waals surface area contributed by atoms with Crippen LogP contribution in [0, 0.1) is 5.92 Å². The number of nitrogens with two attached hydrogens (primary N) is 2. The van der Waals surface area contributed by atoms with Crippen molar-refractivity contribution in [1.82, 2.24) is 31.9 Å². The van der Waals surface area contributed by atoms with E-state index in [0.717, 1.165) is 123 Å². The largest absolute Gasteiger partial charge is 0.394 e. The first-order valence-corrected chi connectivity index (χ1v) is 28.4. The fourth-order valence-corrected chi connectivity index (χ4v) is 8.58. The summed E-state index contributed by atoms with van der Waals surface area (Å²) in [6.45, 7) is 10.4. The Kier molecular flexibility index (Phi) is 52.1. The predicted molar refractivity (Wildman–Crippen MR) is 283 cm³/mol. The number of carbonyl (C=O) groups excluding carboxylic acids is 2. The molecule has 2 amide bonds. The summed E-state index contributed by atoms with van der Waals surface area (Å²) in [6, 6.07) is 0. The van der Waals surface area contributed by atoms with Gasteiger partial charge in [-0.1, -0.05) is 141 Å². The summed E-state index contributed by atoms with van der Waals surface area (Å²) in [6.07, 6.45) is 32.4. The van der Waals surface area contributed by atoms with Crippen molar-refractivity contribution < 1.29 is 35.1 Å². The Labute approximate surface area is 416 Å². The van der Waals surface area contributed by atoms with Crippen molar-refractivity contribution in [3.8, 4) is 0 Å². The van der Waals surface area contributed by atoms with E-state index in [1.807, 2.05) is 0 Å². The molecular formula is C53H112N8O7. The lowest BCUT2D eigenvalue weighted by atomic mass is 10.00. The first-order valence-electron chi connectivity index (χ1n) is 28.4. The van der Waals surface area contributed by atoms with E-state index in [2.05, 4.69) is 31.9 Å². The molecule has 0 spiro atoms. The molecule has 0 saturated carbocycles. The molecule has 0 aliphatic heterocycles. The number of nitrogens with one attached hydrogen (secondary N) is 6. The standard InChI is InChI=1S/C53H112N8O7/c54-34-30-40-56-36-26-28-38-58-44-47(45-59-39-29-27-37-57-41-31-35-55)32-22-19-21-24-42-60-49(64)33-23-18-16-14-12-10-8-6-4-2-1-3-5-7-9-11-13-15-17-20-25-43-61-53(68)52(67)51(66)50(65)48(63)46-62/h47-48,50-52,56-59,62-63,65-67H,1-46,54-55H2,(H,60,64)(H,61,68)/t48-,50-,51+,52-/m1/s1. The average Bonchev–Trinajstić information content (AvgIpc) is 3.34. The number of aliphatic hydroxyl groups excluding tert-OH is 5. The summed E-state index contributed by atoms with van der Waals surface area (Å²) in [7, 11) is 0. The molecule has 0 radical (unpaired) electrons. The van der Waals surface area contributed by atoms with Crippen LogP contribution in [0.15, 0.2) is 0 Å². The molecule has 4 atom stereocenters. The van der Waals surface area contributed by atoms with Gasteiger partial charge >= 0.3 is 0 Å². The molecule has 0 rings (SSSR count). The Balaban J connectivity index is 3.63. The van der Waals surface area contributed by atoms with Crippen LogP contribution in [0.4, 0.5) is 0 Å². The topological polar surface area (TPSA) is 260 Å². The number of rotatable bonds is 56. The van der Waals surface area contributed by atoms with Crippen molar-refractivity contribution >= 4 is 11.8 Å². The molecule has 0 fully saturated rings. The number of hydrogen-bond donors (Lipinski definition) is 13. The van der Waals surface area contributed by atoms with Gasteiger partial charge in [-0.2, -0.15) is 0 Å². The molecule has 0 aromatic carbocycles. The maximum absolute atomic E-state index is 12.4. The lowest BCUT2D eigenvalue weighted by Crippen LogP contribution is -2.51. The van der Waals surface area contributed by atoms with Gasteiger partial charge in [0.2, 0.25) is 5.91 Å². The van der Waals surface area contributed by atoms with E-state index < -0.39 is 36.9 Å². The van der Waals surface area contributed by atoms with Crippen LogP contribution in [0.25, 0.3) is 0 Å². The minimum Gasteiger partial charge on any atom is -0.394 e. The molecule has 15 N–H and O–H groups in total. The Morgan fingerprint density at radius 3 is 1.13 bits per heavy atom. The number of unbranched alkanes of at least 4 members (excludes halogenated alkanes) is 25. The van der Waals surface area contributed by atoms with E-state index in [-0.39, 0.29) is 5.91 Å². The molecule has 0 aromatic rings. The molecule has 15 heteroatoms. The van der Waals surface area contributed by atoms with Crippen LogP contribution in [0.5, 0.6) is 0 Å². The second kappa shape index (κ2) is 53.3. The summed E-state index contributed by atoms with van der Waals surface area (Å²) in [5.41, 5.74) is 11.2. The van der Waals surface area contributed by atoms with Gasteiger partial charge in [-0.15, -0.1) is 0 Å². The maximum Gasteiger partial charge on any atom is 0.251 e. The third-order valence-corrected chi connectivity index (χ3v) is 13.2. The van der Waals surface area contributed by atoms with E-state index in [1.54, 1.807) is 0 Å². The van der Waals surface area contributed by atoms with Gasteiger partial charge in [0.25, 0.3) is 5.91 Å². The summed E-state index contributed by atoms with van der Waals surface area (Å²) < 4.78 is 0. The van der Waals surface area contributed by atoms with E-state index >= 15 is 0 Å². The van der Waals surface area contributed by atoms with Crippen molar-refractivity contribution in [1.29, 1.82) is 0 Å². The molecule has 0 aromatic heterocycles. The lowest BCUT2D eigenvalue weighted by Gasteiger charge is -2.24. The highest BCUT2D eigenvalue weighted by Crippen LogP contribution is 2.16. The molecule has 0 heterocycles. The number of carbonyl (C=O) groups is 2. The fraction of sp³-hybridized carbons (Fsp3) is 0.962. The summed E-state index contributed by atoms with van der Waals surface area (Å²) >= 11 is 0. The van der Waals surface area contributed by atoms with Crippen LogP contribution in [0.3, 0.4) is 0 Å². The SMILES string of the molecule is NCCCNCCCCNCC(CCCCCCNC(=O)CCCCCCCCCCCCCCCCCCCCCCCNC(=O)[C@H](O)[C@@H](O)[C@H](O)[C@H](O)CO)CNCCCCNCCCN. The summed E-state index contributed by atoms with van der Waals surface area (Å²) in [5, 5.41) is 67.6. The zero-order chi connectivity index (χ0) is 49.8. The van der Waals surface area contributed by atoms with Gasteiger partial charge < -0.3 is 68.9 Å². The molecule has 0 aliphatic carbocycles. The molecular weight excluding hydrogens is 861 g/mol. The van der Waals surface area contributed by atoms with Crippen molar-refractivity contribution in [3.63, 3.8) is 0 Å². The van der Waals surface area contributed by atoms with Gasteiger partial charge in [-0.3, -0.25) is 9.59 Å². The highest BCUT2D eigenvalue weighted by atomic mass is 16.4. The number of aliphatic hydroxyl groups is 5. The van der Waals surface area contributed by atoms with Crippen molar-refractivity contribution in [2.75, 3.05) is 85.1 Å². The Morgan fingerprint density at radius 1 is 0.382 bits per heavy atom. The Morgan fingerprint density at radius 2 is 0.721 bits per heavy atom. The van der Waals surface area contributed by atoms with Crippen LogP contribution in [-0.2, 0) is 9.59 Å². The first-order chi connectivity index (χ1) is 33.3. The van der Waals surface area contributed by atoms with Crippen molar-refractivity contribution in [2.45, 2.75) is 236 Å². The van der Waals surface area contributed by atoms with Gasteiger partial charge in [0, 0.05) is 19.5 Å². The predicted octanol–water partition coefficient (Wildman–Crippen LogP) is 5.42. The average molecular weight is 974 g/mol. The first kappa shape index (κ1) is 66.5. The molecule has 0 bridgehead atoms. The zero-order valence-corrected chi connectivity index (χ0v) is 43.6. The third kappa shape index (κ3) is 45.6. The monoisotopic (exact) mass is 973 g/mol. The Bertz CT molecular complexity index is 1030. The normalized spacial score (nSPS) is 13.5. The maximum atomic E-state index is 12.4. The number of hydrogen-bond acceptors (Lipinski definition) is 13. The van der Waals surface area contributed by atoms with E-state index in [0.29, 0.717) is 18.9 Å². The third-order valence-electron chi connectivity index (χ3n) is 13.2. The highest BCUT2D eigenvalue weighted by Gasteiger charge is 2.34. The molecule has 15 nitrogen and oxygen atoms in total. The smallest absolute Gasteiger partial charge is 0.251 e. The van der Waals surface area contributed by atoms with Crippen LogP contribution >= 0.6 is 0 Å². The zero-order valence-electron chi connectivity index (χ0n) is 43.6. The summed E-state index contributed by atoms with van der Waals surface area (Å²) in [4.78, 5) is 24.3. The van der Waals surface area contributed by atoms with Gasteiger partial charge in [0.15, 0.2) is 6.10 Å². The van der Waals surface area contributed by atoms with Gasteiger partial charge in [-0.25, -0.2) is 0 Å². The molecule has 0 saturated heterocycles. The van der Waals surface area contributed by atoms with Crippen LogP contribution in [-0.4, -0.2) is 147 Å². The quantitative estimate of drug-likeness (QED) is 0.0341. The Hall–Kier alpha value is -1.50. The minimum absolute atomic E-state index is 0.227. The second-order valence-corrected chi connectivity index (χ2v) is 19.7. The highest BCUT2D eigenvalue weighted by molar-refractivity contribution is 5.81. The lowest BCUT2D eigenvalue weighted by molar-refractivity contribution is -0.148. The van der Waals surface area contributed by atoms with Crippen LogP contribution in [0.2, 0.25) is 0 Å². The van der Waals surface area contributed by atoms with Crippen LogP contribution in [0.1, 0.15) is 212 Å². The van der Waals surface area contributed by atoms with Crippen molar-refractivity contribution in [2.24, 2.45) is 17.4 Å². The fourth-order valence-electron chi connectivity index (χ4n) is 8.58. The second-order valence-electron chi connectivity index (χ2n) is 19.7. The van der Waals surface area contributed by atoms with Gasteiger partial charge in [-0.05, 0) is 136 Å². The molecule has 68 heavy (non-hydrogen) atoms. The minimum atomic E-state index is -1.87. The van der Waals surface area contributed by atoms with Crippen molar-refractivity contribution in [3.05, 3.63) is 0 Å². The van der Waals surface area contributed by atoms with E-state index in [1.165, 1.54) is 154 Å². The summed E-state index contributed by atoms with van der Waals surface area (Å²) in [5.74, 6) is 0.0838. The van der Waals surface area contributed by atoms with Gasteiger partial charge in [0.1, 0.15) is 18.3 Å². The molecule has 0 unspecified atom stereocenters.